The SMILES string of the molecule is CCC(=O)Nc1ccc(S(=O)(=O)N[C@@H]2c3cc4c(cc3[C@@H](c3cc(OC)c(OC)c(OC)c3)[C@H]3C(=O)OC[C@@H]32)OCO4)cc1Cl. The normalized spacial score (nSPS) is 21.4. The van der Waals surface area contributed by atoms with Crippen LogP contribution in [-0.4, -0.2) is 55.0 Å². The Balaban J connectivity index is 1.47. The Morgan fingerprint density at radius 1 is 0.956 bits per heavy atom. The highest BCUT2D eigenvalue weighted by atomic mass is 35.5. The summed E-state index contributed by atoms with van der Waals surface area (Å²) in [6.07, 6.45) is 0.234. The zero-order chi connectivity index (χ0) is 32.0. The second-order valence-corrected chi connectivity index (χ2v) is 12.9. The smallest absolute Gasteiger partial charge is 0.310 e. The first-order valence-corrected chi connectivity index (χ1v) is 16.0. The summed E-state index contributed by atoms with van der Waals surface area (Å²) >= 11 is 6.36. The molecule has 12 nitrogen and oxygen atoms in total. The molecule has 3 aliphatic rings. The molecule has 238 valence electrons. The van der Waals surface area contributed by atoms with Crippen molar-refractivity contribution in [2.24, 2.45) is 11.8 Å². The third kappa shape index (κ3) is 5.38. The van der Waals surface area contributed by atoms with Crippen molar-refractivity contribution in [3.8, 4) is 28.7 Å². The Hall–Kier alpha value is -4.20. The fourth-order valence-corrected chi connectivity index (χ4v) is 7.82. The van der Waals surface area contributed by atoms with Gasteiger partial charge in [0.1, 0.15) is 0 Å². The first kappa shape index (κ1) is 30.8. The zero-order valence-electron chi connectivity index (χ0n) is 24.8. The van der Waals surface area contributed by atoms with E-state index in [1.54, 1.807) is 31.2 Å². The molecule has 0 radical (unpaired) electrons. The molecule has 14 heteroatoms. The van der Waals surface area contributed by atoms with Crippen LogP contribution in [0.3, 0.4) is 0 Å². The molecule has 2 heterocycles. The number of hydrogen-bond donors (Lipinski definition) is 2. The molecule has 1 amide bonds. The first-order chi connectivity index (χ1) is 21.6. The number of ether oxygens (including phenoxy) is 6. The highest BCUT2D eigenvalue weighted by Gasteiger charge is 2.53. The minimum Gasteiger partial charge on any atom is -0.493 e. The highest BCUT2D eigenvalue weighted by Crippen LogP contribution is 2.56. The van der Waals surface area contributed by atoms with Crippen LogP contribution in [-0.2, 0) is 24.3 Å². The summed E-state index contributed by atoms with van der Waals surface area (Å²) in [6.45, 7) is 1.67. The van der Waals surface area contributed by atoms with Gasteiger partial charge in [0, 0.05) is 18.3 Å². The maximum Gasteiger partial charge on any atom is 0.310 e. The molecule has 0 unspecified atom stereocenters. The fraction of sp³-hybridized carbons (Fsp3) is 0.355. The number of anilines is 1. The van der Waals surface area contributed by atoms with Crippen LogP contribution in [0.1, 0.15) is 42.0 Å². The number of esters is 1. The van der Waals surface area contributed by atoms with Crippen LogP contribution in [0.4, 0.5) is 5.69 Å². The summed E-state index contributed by atoms with van der Waals surface area (Å²) in [5.74, 6) is -0.580. The number of halogens is 1. The second-order valence-electron chi connectivity index (χ2n) is 10.7. The Morgan fingerprint density at radius 3 is 2.22 bits per heavy atom. The average molecular weight is 659 g/mol. The van der Waals surface area contributed by atoms with E-state index in [-0.39, 0.29) is 35.6 Å². The Morgan fingerprint density at radius 2 is 1.62 bits per heavy atom. The maximum atomic E-state index is 13.9. The van der Waals surface area contributed by atoms with E-state index in [2.05, 4.69) is 10.0 Å². The molecule has 0 bridgehead atoms. The topological polar surface area (TPSA) is 148 Å². The number of rotatable bonds is 9. The van der Waals surface area contributed by atoms with Crippen LogP contribution in [0, 0.1) is 11.8 Å². The Kier molecular flexibility index (Phi) is 8.18. The predicted molar refractivity (Wildman–Crippen MR) is 162 cm³/mol. The van der Waals surface area contributed by atoms with E-state index in [9.17, 15) is 18.0 Å². The Bertz CT molecular complexity index is 1770. The number of hydrogen-bond acceptors (Lipinski definition) is 10. The van der Waals surface area contributed by atoms with Crippen LogP contribution in [0.25, 0.3) is 0 Å². The van der Waals surface area contributed by atoms with Crippen LogP contribution < -0.4 is 33.7 Å². The van der Waals surface area contributed by atoms with Crippen molar-refractivity contribution in [3.63, 3.8) is 0 Å². The van der Waals surface area contributed by atoms with E-state index in [4.69, 9.17) is 40.0 Å². The highest BCUT2D eigenvalue weighted by molar-refractivity contribution is 7.89. The van der Waals surface area contributed by atoms with Gasteiger partial charge < -0.3 is 33.7 Å². The van der Waals surface area contributed by atoms with Gasteiger partial charge in [0.05, 0.1) is 55.5 Å². The maximum absolute atomic E-state index is 13.9. The van der Waals surface area contributed by atoms with Crippen LogP contribution in [0.5, 0.6) is 28.7 Å². The molecule has 6 rings (SSSR count). The molecule has 0 aromatic heterocycles. The lowest BCUT2D eigenvalue weighted by atomic mass is 9.65. The van der Waals surface area contributed by atoms with Gasteiger partial charge in [0.2, 0.25) is 28.5 Å². The summed E-state index contributed by atoms with van der Waals surface area (Å²) in [4.78, 5) is 25.2. The predicted octanol–water partition coefficient (Wildman–Crippen LogP) is 4.40. The lowest BCUT2D eigenvalue weighted by molar-refractivity contribution is -0.141. The van der Waals surface area contributed by atoms with Crippen molar-refractivity contribution in [3.05, 3.63) is 64.2 Å². The summed E-state index contributed by atoms with van der Waals surface area (Å²) in [5, 5.41) is 2.71. The third-order valence-electron chi connectivity index (χ3n) is 8.36. The van der Waals surface area contributed by atoms with Crippen molar-refractivity contribution in [2.75, 3.05) is 40.0 Å². The first-order valence-electron chi connectivity index (χ1n) is 14.1. The van der Waals surface area contributed by atoms with Gasteiger partial charge in [-0.25, -0.2) is 13.1 Å². The molecule has 0 saturated carbocycles. The number of amides is 1. The van der Waals surface area contributed by atoms with E-state index in [1.807, 2.05) is 0 Å². The molecule has 3 aromatic rings. The lowest BCUT2D eigenvalue weighted by Gasteiger charge is -2.39. The summed E-state index contributed by atoms with van der Waals surface area (Å²) in [7, 11) is 0.302. The number of carbonyl (C=O) groups excluding carboxylic acids is 2. The number of fused-ring (bicyclic) bond motifs is 3. The van der Waals surface area contributed by atoms with E-state index in [1.165, 1.54) is 39.5 Å². The quantitative estimate of drug-likeness (QED) is 0.317. The third-order valence-corrected chi connectivity index (χ3v) is 10.1. The van der Waals surface area contributed by atoms with Crippen molar-refractivity contribution in [1.29, 1.82) is 0 Å². The molecule has 2 aliphatic heterocycles. The van der Waals surface area contributed by atoms with Crippen molar-refractivity contribution in [2.45, 2.75) is 30.2 Å². The van der Waals surface area contributed by atoms with Gasteiger partial charge in [0.15, 0.2) is 23.0 Å². The van der Waals surface area contributed by atoms with Gasteiger partial charge in [-0.05, 0) is 59.2 Å². The van der Waals surface area contributed by atoms with E-state index in [0.29, 0.717) is 51.1 Å². The van der Waals surface area contributed by atoms with Gasteiger partial charge in [-0.2, -0.15) is 0 Å². The number of carbonyl (C=O) groups is 2. The molecule has 1 aliphatic carbocycles. The average Bonchev–Trinajstić information content (AvgIpc) is 3.66. The molecule has 1 fully saturated rings. The number of sulfonamides is 1. The summed E-state index contributed by atoms with van der Waals surface area (Å²) < 4.78 is 64.2. The van der Waals surface area contributed by atoms with Gasteiger partial charge in [-0.15, -0.1) is 0 Å². The lowest BCUT2D eigenvalue weighted by Crippen LogP contribution is -2.42. The van der Waals surface area contributed by atoms with Crippen molar-refractivity contribution in [1.82, 2.24) is 4.72 Å². The Labute approximate surface area is 264 Å². The number of cyclic esters (lactones) is 1. The largest absolute Gasteiger partial charge is 0.493 e. The minimum atomic E-state index is -4.20. The van der Waals surface area contributed by atoms with E-state index >= 15 is 0 Å². The fourth-order valence-electron chi connectivity index (χ4n) is 6.23. The molecule has 3 aromatic carbocycles. The summed E-state index contributed by atoms with van der Waals surface area (Å²) in [6, 6.07) is 10.2. The monoisotopic (exact) mass is 658 g/mol. The van der Waals surface area contributed by atoms with Gasteiger partial charge in [-0.3, -0.25) is 9.59 Å². The van der Waals surface area contributed by atoms with Crippen molar-refractivity contribution >= 4 is 39.2 Å². The second kappa shape index (κ2) is 12.0. The standard InChI is InChI=1S/C31H31ClN2O10S/c1-5-26(35)33-21-7-6-16(10-20(21)32)45(37,38)34-29-18-12-23-22(43-14-44-23)11-17(18)27(28-19(29)13-42-31(28)36)15-8-24(39-2)30(41-4)25(9-15)40-3/h6-12,19,27-29,34H,5,13-14H2,1-4H3,(H,33,35)/t19-,27+,28-,29+/m0/s1. The van der Waals surface area contributed by atoms with Gasteiger partial charge in [0.25, 0.3) is 0 Å². The van der Waals surface area contributed by atoms with Gasteiger partial charge in [-0.1, -0.05) is 18.5 Å². The minimum absolute atomic E-state index is 0.00220. The summed E-state index contributed by atoms with van der Waals surface area (Å²) in [5.41, 5.74) is 2.22. The van der Waals surface area contributed by atoms with E-state index < -0.39 is 39.8 Å². The number of methoxy groups -OCH3 is 3. The molecule has 45 heavy (non-hydrogen) atoms. The molecular formula is C31H31ClN2O10S. The van der Waals surface area contributed by atoms with Crippen LogP contribution >= 0.6 is 11.6 Å². The zero-order valence-corrected chi connectivity index (χ0v) is 26.4. The molecule has 0 spiro atoms. The van der Waals surface area contributed by atoms with Gasteiger partial charge >= 0.3 is 5.97 Å². The molecule has 4 atom stereocenters. The molecule has 2 N–H and O–H groups in total. The van der Waals surface area contributed by atoms with Crippen LogP contribution in [0.2, 0.25) is 5.02 Å². The molecule has 1 saturated heterocycles. The van der Waals surface area contributed by atoms with Crippen molar-refractivity contribution < 1.29 is 46.4 Å². The van der Waals surface area contributed by atoms with Crippen LogP contribution in [0.15, 0.2) is 47.4 Å². The molecular weight excluding hydrogens is 628 g/mol. The number of nitrogens with one attached hydrogen (secondary N) is 2. The number of benzene rings is 3. The van der Waals surface area contributed by atoms with E-state index in [0.717, 1.165) is 0 Å².